The van der Waals surface area contributed by atoms with Crippen molar-refractivity contribution in [1.29, 1.82) is 0 Å². The van der Waals surface area contributed by atoms with E-state index in [-0.39, 0.29) is 18.1 Å². The zero-order valence-corrected chi connectivity index (χ0v) is 13.9. The van der Waals surface area contributed by atoms with Gasteiger partial charge in [0.15, 0.2) is 0 Å². The van der Waals surface area contributed by atoms with Crippen LogP contribution in [0.25, 0.3) is 0 Å². The average molecular weight is 350 g/mol. The fourth-order valence-electron chi connectivity index (χ4n) is 2.17. The molecule has 1 aromatic carbocycles. The van der Waals surface area contributed by atoms with E-state index in [4.69, 9.17) is 5.11 Å². The van der Waals surface area contributed by atoms with Gasteiger partial charge in [-0.3, -0.25) is 9.59 Å². The van der Waals surface area contributed by atoms with E-state index in [1.807, 2.05) is 0 Å². The highest BCUT2D eigenvalue weighted by atomic mass is 32.1. The van der Waals surface area contributed by atoms with Gasteiger partial charge in [0.1, 0.15) is 11.5 Å². The first kappa shape index (κ1) is 18.1. The van der Waals surface area contributed by atoms with Gasteiger partial charge in [-0.05, 0) is 24.5 Å². The van der Waals surface area contributed by atoms with Gasteiger partial charge < -0.3 is 10.4 Å². The second-order valence-corrected chi connectivity index (χ2v) is 6.30. The molecule has 128 valence electrons. The molecule has 5 nitrogen and oxygen atoms in total. The zero-order chi connectivity index (χ0) is 17.4. The lowest BCUT2D eigenvalue weighted by atomic mass is 10.1. The predicted octanol–water partition coefficient (Wildman–Crippen LogP) is 3.25. The molecule has 0 aliphatic carbocycles. The van der Waals surface area contributed by atoms with Crippen molar-refractivity contribution in [3.05, 3.63) is 51.7 Å². The molecule has 1 heterocycles. The first-order valence-electron chi connectivity index (χ1n) is 7.74. The topological polar surface area (TPSA) is 79.3 Å². The molecule has 2 N–H and O–H groups in total. The van der Waals surface area contributed by atoms with E-state index >= 15 is 0 Å². The number of amides is 1. The first-order chi connectivity index (χ1) is 11.6. The molecule has 0 aliphatic heterocycles. The number of benzene rings is 1. The van der Waals surface area contributed by atoms with Crippen molar-refractivity contribution in [2.45, 2.75) is 32.1 Å². The van der Waals surface area contributed by atoms with Crippen molar-refractivity contribution >= 4 is 23.2 Å². The van der Waals surface area contributed by atoms with Gasteiger partial charge in [0.25, 0.3) is 5.91 Å². The van der Waals surface area contributed by atoms with Gasteiger partial charge in [0, 0.05) is 24.8 Å². The minimum absolute atomic E-state index is 0.152. The lowest BCUT2D eigenvalue weighted by Gasteiger charge is -2.02. The average Bonchev–Trinajstić information content (AvgIpc) is 3.01. The molecule has 0 atom stereocenters. The van der Waals surface area contributed by atoms with Crippen LogP contribution in [0.1, 0.15) is 46.7 Å². The van der Waals surface area contributed by atoms with Gasteiger partial charge in [-0.15, -0.1) is 11.3 Å². The van der Waals surface area contributed by atoms with E-state index in [9.17, 15) is 14.0 Å². The number of carboxylic acid groups (broad SMARTS) is 1. The van der Waals surface area contributed by atoms with Crippen molar-refractivity contribution in [2.75, 3.05) is 6.54 Å². The molecule has 0 bridgehead atoms. The van der Waals surface area contributed by atoms with Crippen LogP contribution in [0.4, 0.5) is 4.39 Å². The normalized spacial score (nSPS) is 10.5. The second-order valence-electron chi connectivity index (χ2n) is 5.35. The Balaban J connectivity index is 1.77. The molecule has 0 unspecified atom stereocenters. The number of aliphatic carboxylic acids is 1. The number of aromatic nitrogens is 1. The summed E-state index contributed by atoms with van der Waals surface area (Å²) in [6.07, 6.45) is 2.60. The molecule has 0 spiro atoms. The number of rotatable bonds is 9. The summed E-state index contributed by atoms with van der Waals surface area (Å²) in [5, 5.41) is 13.6. The molecule has 0 saturated heterocycles. The molecule has 1 aromatic heterocycles. The number of hydrogen-bond acceptors (Lipinski definition) is 4. The maximum atomic E-state index is 13.6. The van der Waals surface area contributed by atoms with Crippen LogP contribution in [-0.4, -0.2) is 28.5 Å². The maximum absolute atomic E-state index is 13.6. The summed E-state index contributed by atoms with van der Waals surface area (Å²) in [7, 11) is 0. The third-order valence-corrected chi connectivity index (χ3v) is 4.29. The van der Waals surface area contributed by atoms with E-state index in [0.29, 0.717) is 35.7 Å². The highest BCUT2D eigenvalue weighted by molar-refractivity contribution is 7.09. The fourth-order valence-corrected chi connectivity index (χ4v) is 2.97. The third kappa shape index (κ3) is 5.73. The minimum Gasteiger partial charge on any atom is -0.481 e. The molecule has 0 aliphatic rings. The Bertz CT molecular complexity index is 703. The smallest absolute Gasteiger partial charge is 0.303 e. The maximum Gasteiger partial charge on any atom is 0.303 e. The molecular weight excluding hydrogens is 331 g/mol. The van der Waals surface area contributed by atoms with Gasteiger partial charge in [0.2, 0.25) is 0 Å². The molecule has 7 heteroatoms. The van der Waals surface area contributed by atoms with E-state index in [0.717, 1.165) is 12.8 Å². The Morgan fingerprint density at radius 3 is 2.75 bits per heavy atom. The SMILES string of the molecule is O=C(O)CCCCCNC(=O)c1csc(Cc2ccccc2F)n1. The molecule has 1 amide bonds. The van der Waals surface area contributed by atoms with Crippen LogP contribution in [0, 0.1) is 5.82 Å². The molecule has 0 fully saturated rings. The molecule has 2 aromatic rings. The van der Waals surface area contributed by atoms with E-state index in [2.05, 4.69) is 10.3 Å². The van der Waals surface area contributed by atoms with Crippen LogP contribution in [0.15, 0.2) is 29.6 Å². The molecular formula is C17H19FN2O3S. The van der Waals surface area contributed by atoms with Crippen LogP contribution in [-0.2, 0) is 11.2 Å². The van der Waals surface area contributed by atoms with Gasteiger partial charge in [-0.2, -0.15) is 0 Å². The second kappa shape index (κ2) is 9.12. The largest absolute Gasteiger partial charge is 0.481 e. The highest BCUT2D eigenvalue weighted by Gasteiger charge is 2.11. The summed E-state index contributed by atoms with van der Waals surface area (Å²) >= 11 is 1.33. The van der Waals surface area contributed by atoms with Gasteiger partial charge in [-0.25, -0.2) is 9.37 Å². The summed E-state index contributed by atoms with van der Waals surface area (Å²) in [5.41, 5.74) is 0.883. The fraction of sp³-hybridized carbons (Fsp3) is 0.353. The number of carbonyl (C=O) groups is 2. The molecule has 24 heavy (non-hydrogen) atoms. The Hall–Kier alpha value is -2.28. The number of hydrogen-bond donors (Lipinski definition) is 2. The Morgan fingerprint density at radius 2 is 2.00 bits per heavy atom. The van der Waals surface area contributed by atoms with Gasteiger partial charge >= 0.3 is 5.97 Å². The third-order valence-electron chi connectivity index (χ3n) is 3.44. The molecule has 0 radical (unpaired) electrons. The lowest BCUT2D eigenvalue weighted by molar-refractivity contribution is -0.137. The first-order valence-corrected chi connectivity index (χ1v) is 8.62. The number of halogens is 1. The van der Waals surface area contributed by atoms with Crippen LogP contribution >= 0.6 is 11.3 Å². The number of nitrogens with zero attached hydrogens (tertiary/aromatic N) is 1. The van der Waals surface area contributed by atoms with E-state index in [1.54, 1.807) is 23.6 Å². The number of nitrogens with one attached hydrogen (secondary N) is 1. The Kier molecular flexibility index (Phi) is 6.87. The number of carboxylic acids is 1. The van der Waals surface area contributed by atoms with Gasteiger partial charge in [0.05, 0.1) is 5.01 Å². The molecule has 2 rings (SSSR count). The summed E-state index contributed by atoms with van der Waals surface area (Å²) in [6, 6.07) is 6.51. The van der Waals surface area contributed by atoms with Crippen molar-refractivity contribution in [1.82, 2.24) is 10.3 Å². The van der Waals surface area contributed by atoms with E-state index in [1.165, 1.54) is 17.4 Å². The van der Waals surface area contributed by atoms with Crippen LogP contribution < -0.4 is 5.32 Å². The minimum atomic E-state index is -0.802. The van der Waals surface area contributed by atoms with Gasteiger partial charge in [-0.1, -0.05) is 24.6 Å². The lowest BCUT2D eigenvalue weighted by Crippen LogP contribution is -2.24. The summed E-state index contributed by atoms with van der Waals surface area (Å²) in [6.45, 7) is 0.485. The highest BCUT2D eigenvalue weighted by Crippen LogP contribution is 2.17. The number of thiazole rings is 1. The predicted molar refractivity (Wildman–Crippen MR) is 89.8 cm³/mol. The van der Waals surface area contributed by atoms with Crippen LogP contribution in [0.3, 0.4) is 0 Å². The van der Waals surface area contributed by atoms with Crippen LogP contribution in [0.2, 0.25) is 0 Å². The number of carbonyl (C=O) groups excluding carboxylic acids is 1. The summed E-state index contributed by atoms with van der Waals surface area (Å²) < 4.78 is 13.6. The molecule has 0 saturated carbocycles. The number of unbranched alkanes of at least 4 members (excludes halogenated alkanes) is 2. The zero-order valence-electron chi connectivity index (χ0n) is 13.1. The summed E-state index contributed by atoms with van der Waals surface area (Å²) in [4.78, 5) is 26.6. The van der Waals surface area contributed by atoms with Crippen molar-refractivity contribution in [3.63, 3.8) is 0 Å². The summed E-state index contributed by atoms with van der Waals surface area (Å²) in [5.74, 6) is -1.34. The Labute approximate surface area is 143 Å². The monoisotopic (exact) mass is 350 g/mol. The Morgan fingerprint density at radius 1 is 1.21 bits per heavy atom. The standard InChI is InChI=1S/C17H19FN2O3S/c18-13-7-4-3-6-12(13)10-15-20-14(11-24-15)17(23)19-9-5-1-2-8-16(21)22/h3-4,6-7,11H,1-2,5,8-10H2,(H,19,23)(H,21,22). The van der Waals surface area contributed by atoms with Crippen LogP contribution in [0.5, 0.6) is 0 Å². The van der Waals surface area contributed by atoms with Crippen molar-refractivity contribution < 1.29 is 19.1 Å². The quantitative estimate of drug-likeness (QED) is 0.681. The van der Waals surface area contributed by atoms with Crippen molar-refractivity contribution in [3.8, 4) is 0 Å². The van der Waals surface area contributed by atoms with Crippen molar-refractivity contribution in [2.24, 2.45) is 0 Å². The van der Waals surface area contributed by atoms with E-state index < -0.39 is 5.97 Å².